The van der Waals surface area contributed by atoms with E-state index >= 15 is 0 Å². The minimum Gasteiger partial charge on any atom is -0.489 e. The van der Waals surface area contributed by atoms with Gasteiger partial charge < -0.3 is 25.8 Å². The summed E-state index contributed by atoms with van der Waals surface area (Å²) in [6, 6.07) is 22.9. The topological polar surface area (TPSA) is 134 Å². The SMILES string of the molecule is O=C(C[C@@H]1NC(=O)[C@H](Cc2ccccc2)NC1=O)N[C@@H](Cc1ccc(OCc2ccccc2)cc1)C(=O)O. The van der Waals surface area contributed by atoms with Crippen molar-refractivity contribution < 1.29 is 29.0 Å². The summed E-state index contributed by atoms with van der Waals surface area (Å²) in [6.45, 7) is 0.409. The third-order valence-electron chi connectivity index (χ3n) is 6.18. The fraction of sp³-hybridized carbons (Fsp3) is 0.241. The molecule has 0 radical (unpaired) electrons. The Morgan fingerprint density at radius 2 is 1.37 bits per heavy atom. The molecule has 0 spiro atoms. The van der Waals surface area contributed by atoms with E-state index in [1.165, 1.54) is 0 Å². The van der Waals surface area contributed by atoms with Crippen molar-refractivity contribution in [1.82, 2.24) is 16.0 Å². The van der Waals surface area contributed by atoms with Crippen LogP contribution in [0, 0.1) is 0 Å². The number of nitrogens with one attached hydrogen (secondary N) is 3. The van der Waals surface area contributed by atoms with Crippen LogP contribution in [0.15, 0.2) is 84.9 Å². The van der Waals surface area contributed by atoms with E-state index in [1.807, 2.05) is 60.7 Å². The number of carbonyl (C=O) groups excluding carboxylic acids is 3. The van der Waals surface area contributed by atoms with Gasteiger partial charge in [0.25, 0.3) is 0 Å². The molecule has 1 saturated heterocycles. The van der Waals surface area contributed by atoms with Crippen LogP contribution in [0.4, 0.5) is 0 Å². The third-order valence-corrected chi connectivity index (χ3v) is 6.18. The lowest BCUT2D eigenvalue weighted by atomic mass is 10.0. The van der Waals surface area contributed by atoms with E-state index in [0.29, 0.717) is 24.3 Å². The molecule has 0 aliphatic carbocycles. The van der Waals surface area contributed by atoms with E-state index in [2.05, 4.69) is 16.0 Å². The van der Waals surface area contributed by atoms with Crippen molar-refractivity contribution in [3.05, 3.63) is 102 Å². The fourth-order valence-electron chi connectivity index (χ4n) is 4.15. The predicted octanol–water partition coefficient (Wildman–Crippen LogP) is 1.99. The quantitative estimate of drug-likeness (QED) is 0.309. The van der Waals surface area contributed by atoms with E-state index in [4.69, 9.17) is 4.74 Å². The number of ether oxygens (including phenoxy) is 1. The third kappa shape index (κ3) is 7.42. The van der Waals surface area contributed by atoms with Gasteiger partial charge in [0.2, 0.25) is 17.7 Å². The molecule has 4 N–H and O–H groups in total. The van der Waals surface area contributed by atoms with Gasteiger partial charge in [0.05, 0.1) is 6.42 Å². The molecular weight excluding hydrogens is 486 g/mol. The lowest BCUT2D eigenvalue weighted by Gasteiger charge is -2.29. The van der Waals surface area contributed by atoms with Crippen molar-refractivity contribution in [2.75, 3.05) is 0 Å². The molecule has 38 heavy (non-hydrogen) atoms. The van der Waals surface area contributed by atoms with Crippen molar-refractivity contribution in [2.45, 2.75) is 44.0 Å². The van der Waals surface area contributed by atoms with Gasteiger partial charge in [0.15, 0.2) is 0 Å². The van der Waals surface area contributed by atoms with Crippen molar-refractivity contribution in [2.24, 2.45) is 0 Å². The summed E-state index contributed by atoms with van der Waals surface area (Å²) in [5.41, 5.74) is 2.61. The number of rotatable bonds is 11. The van der Waals surface area contributed by atoms with Crippen molar-refractivity contribution in [3.8, 4) is 5.75 Å². The largest absolute Gasteiger partial charge is 0.489 e. The van der Waals surface area contributed by atoms with Crippen LogP contribution in [0.1, 0.15) is 23.1 Å². The molecule has 3 atom stereocenters. The first kappa shape index (κ1) is 26.4. The van der Waals surface area contributed by atoms with Crippen LogP contribution in [-0.4, -0.2) is 46.9 Å². The van der Waals surface area contributed by atoms with Crippen LogP contribution in [-0.2, 0) is 38.6 Å². The normalized spacial score (nSPS) is 17.6. The second-order valence-corrected chi connectivity index (χ2v) is 9.10. The molecule has 9 nitrogen and oxygen atoms in total. The van der Waals surface area contributed by atoms with Crippen LogP contribution in [0.5, 0.6) is 5.75 Å². The Hall–Kier alpha value is -4.66. The van der Waals surface area contributed by atoms with Crippen LogP contribution < -0.4 is 20.7 Å². The average molecular weight is 516 g/mol. The molecule has 0 saturated carbocycles. The van der Waals surface area contributed by atoms with E-state index in [9.17, 15) is 24.3 Å². The first-order chi connectivity index (χ1) is 18.4. The highest BCUT2D eigenvalue weighted by Crippen LogP contribution is 2.16. The number of aliphatic carboxylic acids is 1. The van der Waals surface area contributed by atoms with E-state index in [-0.39, 0.29) is 12.8 Å². The molecule has 3 aromatic carbocycles. The van der Waals surface area contributed by atoms with Gasteiger partial charge in [-0.2, -0.15) is 0 Å². The van der Waals surface area contributed by atoms with E-state index < -0.39 is 41.8 Å². The van der Waals surface area contributed by atoms with Crippen LogP contribution >= 0.6 is 0 Å². The predicted molar refractivity (Wildman–Crippen MR) is 139 cm³/mol. The lowest BCUT2D eigenvalue weighted by molar-refractivity contribution is -0.142. The van der Waals surface area contributed by atoms with Gasteiger partial charge in [-0.1, -0.05) is 72.8 Å². The zero-order valence-electron chi connectivity index (χ0n) is 20.6. The van der Waals surface area contributed by atoms with Gasteiger partial charge in [-0.3, -0.25) is 14.4 Å². The number of carbonyl (C=O) groups is 4. The summed E-state index contributed by atoms with van der Waals surface area (Å²) in [7, 11) is 0. The summed E-state index contributed by atoms with van der Waals surface area (Å²) in [6.07, 6.45) is 0.00257. The lowest BCUT2D eigenvalue weighted by Crippen LogP contribution is -2.63. The van der Waals surface area contributed by atoms with Crippen molar-refractivity contribution >= 4 is 23.7 Å². The Labute approximate surface area is 220 Å². The molecule has 0 unspecified atom stereocenters. The number of carboxylic acids is 1. The average Bonchev–Trinajstić information content (AvgIpc) is 2.92. The maximum atomic E-state index is 12.6. The second-order valence-electron chi connectivity index (χ2n) is 9.10. The molecular formula is C29H29N3O6. The molecule has 9 heteroatoms. The molecule has 196 valence electrons. The monoisotopic (exact) mass is 515 g/mol. The highest BCUT2D eigenvalue weighted by atomic mass is 16.5. The van der Waals surface area contributed by atoms with Crippen molar-refractivity contribution in [1.29, 1.82) is 0 Å². The van der Waals surface area contributed by atoms with Crippen LogP contribution in [0.2, 0.25) is 0 Å². The standard InChI is InChI=1S/C29H29N3O6/c33-26(17-24-28(35)31-23(27(34)32-24)15-19-7-3-1-4-8-19)30-25(29(36)37)16-20-11-13-22(14-12-20)38-18-21-9-5-2-6-10-21/h1-14,23-25H,15-18H2,(H,30,33)(H,31,35)(H,32,34)(H,36,37)/t23-,24-,25-/m0/s1. The summed E-state index contributed by atoms with van der Waals surface area (Å²) in [4.78, 5) is 49.4. The number of hydrogen-bond acceptors (Lipinski definition) is 5. The summed E-state index contributed by atoms with van der Waals surface area (Å²) in [5, 5.41) is 17.3. The summed E-state index contributed by atoms with van der Waals surface area (Å²) < 4.78 is 5.75. The Morgan fingerprint density at radius 3 is 2.00 bits per heavy atom. The number of hydrogen-bond donors (Lipinski definition) is 4. The Balaban J connectivity index is 1.27. The minimum atomic E-state index is -1.21. The molecule has 0 aromatic heterocycles. The first-order valence-electron chi connectivity index (χ1n) is 12.3. The van der Waals surface area contributed by atoms with E-state index in [0.717, 1.165) is 11.1 Å². The molecule has 1 aliphatic heterocycles. The smallest absolute Gasteiger partial charge is 0.326 e. The zero-order valence-corrected chi connectivity index (χ0v) is 20.6. The molecule has 1 aliphatic rings. The van der Waals surface area contributed by atoms with Gasteiger partial charge >= 0.3 is 5.97 Å². The highest BCUT2D eigenvalue weighted by Gasteiger charge is 2.35. The number of piperazine rings is 1. The molecule has 1 heterocycles. The van der Waals surface area contributed by atoms with Crippen molar-refractivity contribution in [3.63, 3.8) is 0 Å². The van der Waals surface area contributed by atoms with Gasteiger partial charge in [0.1, 0.15) is 30.5 Å². The van der Waals surface area contributed by atoms with Crippen LogP contribution in [0.3, 0.4) is 0 Å². The van der Waals surface area contributed by atoms with Crippen LogP contribution in [0.25, 0.3) is 0 Å². The minimum absolute atomic E-state index is 0.0441. The highest BCUT2D eigenvalue weighted by molar-refractivity contribution is 5.99. The summed E-state index contributed by atoms with van der Waals surface area (Å²) in [5.74, 6) is -2.10. The van der Waals surface area contributed by atoms with Gasteiger partial charge in [0, 0.05) is 12.8 Å². The first-order valence-corrected chi connectivity index (χ1v) is 12.3. The molecule has 3 amide bonds. The Kier molecular flexibility index (Phi) is 8.71. The van der Waals surface area contributed by atoms with E-state index in [1.54, 1.807) is 24.3 Å². The van der Waals surface area contributed by atoms with Gasteiger partial charge in [-0.05, 0) is 28.8 Å². The Bertz CT molecular complexity index is 1260. The van der Waals surface area contributed by atoms with Gasteiger partial charge in [-0.15, -0.1) is 0 Å². The summed E-state index contributed by atoms with van der Waals surface area (Å²) >= 11 is 0. The maximum absolute atomic E-state index is 12.6. The number of amides is 3. The molecule has 3 aromatic rings. The maximum Gasteiger partial charge on any atom is 0.326 e. The second kappa shape index (κ2) is 12.5. The Morgan fingerprint density at radius 1 is 0.789 bits per heavy atom. The van der Waals surface area contributed by atoms with Gasteiger partial charge in [-0.25, -0.2) is 4.79 Å². The fourth-order valence-corrected chi connectivity index (χ4v) is 4.15. The molecule has 1 fully saturated rings. The molecule has 0 bridgehead atoms. The number of carboxylic acid groups (broad SMARTS) is 1. The number of benzene rings is 3. The molecule has 4 rings (SSSR count). The zero-order chi connectivity index (χ0) is 26.9.